The van der Waals surface area contributed by atoms with Gasteiger partial charge < -0.3 is 19.5 Å². The maximum Gasteiger partial charge on any atom is 0.411 e. The highest BCUT2D eigenvalue weighted by Crippen LogP contribution is 2.41. The van der Waals surface area contributed by atoms with Crippen LogP contribution in [0.5, 0.6) is 0 Å². The molecule has 4 rings (SSSR count). The average molecular weight is 453 g/mol. The zero-order chi connectivity index (χ0) is 23.8. The molecule has 3 heterocycles. The quantitative estimate of drug-likeness (QED) is 0.588. The number of aromatic amines is 1. The number of nitrogens with one attached hydrogen (secondary N) is 2. The van der Waals surface area contributed by atoms with Crippen molar-refractivity contribution in [3.63, 3.8) is 0 Å². The van der Waals surface area contributed by atoms with E-state index in [4.69, 9.17) is 9.26 Å². The van der Waals surface area contributed by atoms with Crippen molar-refractivity contribution < 1.29 is 18.8 Å². The van der Waals surface area contributed by atoms with E-state index < -0.39 is 23.6 Å². The third-order valence-corrected chi connectivity index (χ3v) is 5.73. The molecule has 0 spiro atoms. The number of amides is 2. The molecule has 0 aliphatic carbocycles. The molecule has 0 bridgehead atoms. The Morgan fingerprint density at radius 1 is 1.30 bits per heavy atom. The van der Waals surface area contributed by atoms with E-state index >= 15 is 0 Å². The lowest BCUT2D eigenvalue weighted by atomic mass is 10.0. The van der Waals surface area contributed by atoms with Crippen LogP contribution in [0.25, 0.3) is 0 Å². The van der Waals surface area contributed by atoms with E-state index in [-0.39, 0.29) is 12.2 Å². The first-order valence-corrected chi connectivity index (χ1v) is 10.7. The number of aryl methyl sites for hydroxylation is 1. The summed E-state index contributed by atoms with van der Waals surface area (Å²) in [5.74, 6) is 0.454. The number of nitrogens with zero attached hydrogens (tertiary/aromatic N) is 4. The summed E-state index contributed by atoms with van der Waals surface area (Å²) < 4.78 is 10.9. The minimum absolute atomic E-state index is 0.159. The average Bonchev–Trinajstić information content (AvgIpc) is 3.44. The molecule has 1 atom stereocenters. The SMILES string of the molecule is Cc1cc(C(=O)Nc2n[nH]c3c2CN(C(=O)OC(CN(C)C)c2ccccc2)C3(C)C)no1. The largest absolute Gasteiger partial charge is 0.440 e. The third kappa shape index (κ3) is 4.47. The van der Waals surface area contributed by atoms with Gasteiger partial charge in [0.05, 0.1) is 17.8 Å². The predicted molar refractivity (Wildman–Crippen MR) is 121 cm³/mol. The van der Waals surface area contributed by atoms with Crippen molar-refractivity contribution in [3.8, 4) is 0 Å². The maximum absolute atomic E-state index is 13.3. The van der Waals surface area contributed by atoms with Gasteiger partial charge in [-0.15, -0.1) is 0 Å². The number of rotatable bonds is 6. The fraction of sp³-hybridized carbons (Fsp3) is 0.391. The summed E-state index contributed by atoms with van der Waals surface area (Å²) in [6.45, 7) is 6.33. The van der Waals surface area contributed by atoms with Crippen LogP contribution in [0.15, 0.2) is 40.9 Å². The van der Waals surface area contributed by atoms with E-state index in [9.17, 15) is 9.59 Å². The Labute approximate surface area is 191 Å². The van der Waals surface area contributed by atoms with Crippen LogP contribution in [0.2, 0.25) is 0 Å². The van der Waals surface area contributed by atoms with E-state index in [1.54, 1.807) is 17.9 Å². The number of hydrogen-bond donors (Lipinski definition) is 2. The van der Waals surface area contributed by atoms with Gasteiger partial charge in [-0.3, -0.25) is 14.8 Å². The fourth-order valence-corrected chi connectivity index (χ4v) is 3.95. The van der Waals surface area contributed by atoms with E-state index in [1.807, 2.05) is 63.2 Å². The van der Waals surface area contributed by atoms with Gasteiger partial charge in [0.1, 0.15) is 11.9 Å². The second-order valence-electron chi connectivity index (χ2n) is 8.89. The number of aromatic nitrogens is 3. The molecule has 1 unspecified atom stereocenters. The van der Waals surface area contributed by atoms with E-state index in [2.05, 4.69) is 20.7 Å². The summed E-state index contributed by atoms with van der Waals surface area (Å²) in [5, 5.41) is 13.7. The number of likely N-dealkylation sites (N-methyl/N-ethyl adjacent to an activating group) is 1. The molecule has 33 heavy (non-hydrogen) atoms. The number of carbonyl (C=O) groups is 2. The van der Waals surface area contributed by atoms with Crippen LogP contribution in [-0.4, -0.2) is 57.8 Å². The molecule has 0 fully saturated rings. The predicted octanol–water partition coefficient (Wildman–Crippen LogP) is 3.45. The minimum Gasteiger partial charge on any atom is -0.440 e. The number of ether oxygens (including phenoxy) is 1. The highest BCUT2D eigenvalue weighted by molar-refractivity contribution is 6.02. The number of benzene rings is 1. The minimum atomic E-state index is -0.702. The number of H-pyrrole nitrogens is 1. The monoisotopic (exact) mass is 452 g/mol. The Bertz CT molecular complexity index is 1150. The van der Waals surface area contributed by atoms with E-state index in [1.165, 1.54) is 0 Å². The van der Waals surface area contributed by atoms with Gasteiger partial charge in [0.25, 0.3) is 5.91 Å². The highest BCUT2D eigenvalue weighted by Gasteiger charge is 2.45. The van der Waals surface area contributed by atoms with Crippen LogP contribution in [0.1, 0.15) is 53.0 Å². The van der Waals surface area contributed by atoms with Crippen LogP contribution in [0.4, 0.5) is 10.6 Å². The van der Waals surface area contributed by atoms with Crippen molar-refractivity contribution >= 4 is 17.8 Å². The summed E-state index contributed by atoms with van der Waals surface area (Å²) in [5.41, 5.74) is 1.86. The van der Waals surface area contributed by atoms with Gasteiger partial charge in [0, 0.05) is 18.2 Å². The Kier molecular flexibility index (Phi) is 5.94. The van der Waals surface area contributed by atoms with Crippen molar-refractivity contribution in [2.24, 2.45) is 0 Å². The van der Waals surface area contributed by atoms with Crippen molar-refractivity contribution in [3.05, 3.63) is 64.7 Å². The van der Waals surface area contributed by atoms with Gasteiger partial charge in [-0.1, -0.05) is 35.5 Å². The smallest absolute Gasteiger partial charge is 0.411 e. The summed E-state index contributed by atoms with van der Waals surface area (Å²) in [4.78, 5) is 29.4. The number of carbonyl (C=O) groups excluding carboxylic acids is 2. The number of hydrogen-bond acceptors (Lipinski definition) is 7. The maximum atomic E-state index is 13.3. The van der Waals surface area contributed by atoms with Gasteiger partial charge in [-0.2, -0.15) is 5.10 Å². The molecule has 1 aliphatic heterocycles. The topological polar surface area (TPSA) is 117 Å². The first-order chi connectivity index (χ1) is 15.7. The lowest BCUT2D eigenvalue weighted by Crippen LogP contribution is -2.42. The highest BCUT2D eigenvalue weighted by atomic mass is 16.6. The van der Waals surface area contributed by atoms with Crippen LogP contribution in [0, 0.1) is 6.92 Å². The van der Waals surface area contributed by atoms with Gasteiger partial charge in [0.15, 0.2) is 11.5 Å². The molecule has 2 amide bonds. The Morgan fingerprint density at radius 3 is 2.67 bits per heavy atom. The third-order valence-electron chi connectivity index (χ3n) is 5.73. The molecule has 1 aromatic carbocycles. The first kappa shape index (κ1) is 22.5. The van der Waals surface area contributed by atoms with Crippen LogP contribution >= 0.6 is 0 Å². The molecule has 3 aromatic rings. The Hall–Kier alpha value is -3.66. The molecule has 0 saturated carbocycles. The van der Waals surface area contributed by atoms with Crippen molar-refractivity contribution in [2.75, 3.05) is 26.0 Å². The normalized spacial score (nSPS) is 15.4. The lowest BCUT2D eigenvalue weighted by molar-refractivity contribution is 0.0259. The molecule has 0 radical (unpaired) electrons. The summed E-state index contributed by atoms with van der Waals surface area (Å²) >= 11 is 0. The lowest BCUT2D eigenvalue weighted by Gasteiger charge is -2.33. The molecular weight excluding hydrogens is 424 g/mol. The van der Waals surface area contributed by atoms with Crippen molar-refractivity contribution in [2.45, 2.75) is 39.0 Å². The van der Waals surface area contributed by atoms with Crippen LogP contribution in [-0.2, 0) is 16.8 Å². The van der Waals surface area contributed by atoms with Crippen molar-refractivity contribution in [1.82, 2.24) is 25.2 Å². The summed E-state index contributed by atoms with van der Waals surface area (Å²) in [6.07, 6.45) is -0.860. The van der Waals surface area contributed by atoms with Gasteiger partial charge in [-0.05, 0) is 40.4 Å². The fourth-order valence-electron chi connectivity index (χ4n) is 3.95. The second kappa shape index (κ2) is 8.70. The second-order valence-corrected chi connectivity index (χ2v) is 8.89. The summed E-state index contributed by atoms with van der Waals surface area (Å²) in [7, 11) is 3.87. The number of fused-ring (bicyclic) bond motifs is 1. The Morgan fingerprint density at radius 2 is 2.03 bits per heavy atom. The zero-order valence-corrected chi connectivity index (χ0v) is 19.4. The molecule has 1 aliphatic rings. The van der Waals surface area contributed by atoms with E-state index in [0.717, 1.165) is 16.8 Å². The van der Waals surface area contributed by atoms with Gasteiger partial charge in [0.2, 0.25) is 0 Å². The summed E-state index contributed by atoms with van der Waals surface area (Å²) in [6, 6.07) is 11.2. The molecular formula is C23H28N6O4. The van der Waals surface area contributed by atoms with E-state index in [0.29, 0.717) is 18.1 Å². The molecule has 10 nitrogen and oxygen atoms in total. The molecule has 10 heteroatoms. The van der Waals surface area contributed by atoms with Crippen LogP contribution in [0.3, 0.4) is 0 Å². The standard InChI is InChI=1S/C23H28N6O4/c1-14-11-17(27-33-14)21(30)24-20-16-12-29(23(2,3)19(16)25-26-20)22(31)32-18(13-28(4)5)15-9-7-6-8-10-15/h6-11,18H,12-13H2,1-5H3,(H2,24,25,26,30). The molecule has 2 aromatic heterocycles. The molecule has 0 saturated heterocycles. The van der Waals surface area contributed by atoms with Gasteiger partial charge in [-0.25, -0.2) is 4.79 Å². The molecule has 174 valence electrons. The first-order valence-electron chi connectivity index (χ1n) is 10.7. The number of anilines is 1. The van der Waals surface area contributed by atoms with Gasteiger partial charge >= 0.3 is 6.09 Å². The van der Waals surface area contributed by atoms with Crippen LogP contribution < -0.4 is 5.32 Å². The van der Waals surface area contributed by atoms with Crippen molar-refractivity contribution in [1.29, 1.82) is 0 Å². The molecule has 2 N–H and O–H groups in total. The Balaban J connectivity index is 1.52. The zero-order valence-electron chi connectivity index (χ0n) is 19.4.